The van der Waals surface area contributed by atoms with Crippen molar-refractivity contribution >= 4 is 35.9 Å². The number of nitrogens with one attached hydrogen (secondary N) is 1. The van der Waals surface area contributed by atoms with Crippen LogP contribution in [0.1, 0.15) is 32.6 Å². The van der Waals surface area contributed by atoms with E-state index in [1.54, 1.807) is 6.21 Å². The SMILES string of the molecule is C=Nc1c(N=CC)cc(N2CCOCC2)cc1OC1CCC(Nc2ncc(O)cn2)CC1. The van der Waals surface area contributed by atoms with Crippen LogP contribution < -0.4 is 15.0 Å². The second kappa shape index (κ2) is 10.4. The molecule has 1 saturated heterocycles. The molecule has 2 heterocycles. The molecule has 0 atom stereocenters. The molecule has 9 heteroatoms. The van der Waals surface area contributed by atoms with Crippen LogP contribution in [0, 0.1) is 0 Å². The van der Waals surface area contributed by atoms with Gasteiger partial charge in [-0.25, -0.2) is 9.97 Å². The smallest absolute Gasteiger partial charge is 0.223 e. The normalized spacial score (nSPS) is 21.5. The predicted molar refractivity (Wildman–Crippen MR) is 127 cm³/mol. The minimum absolute atomic E-state index is 0.0605. The van der Waals surface area contributed by atoms with Gasteiger partial charge in [0.25, 0.3) is 0 Å². The van der Waals surface area contributed by atoms with E-state index >= 15 is 0 Å². The van der Waals surface area contributed by atoms with Crippen molar-refractivity contribution in [2.75, 3.05) is 36.5 Å². The van der Waals surface area contributed by atoms with Gasteiger partial charge in [0.15, 0.2) is 5.75 Å². The fraction of sp³-hybridized carbons (Fsp3) is 0.478. The molecule has 170 valence electrons. The van der Waals surface area contributed by atoms with Crippen LogP contribution in [0.15, 0.2) is 34.5 Å². The van der Waals surface area contributed by atoms with E-state index < -0.39 is 0 Å². The van der Waals surface area contributed by atoms with Gasteiger partial charge in [-0.15, -0.1) is 0 Å². The molecule has 2 aromatic rings. The van der Waals surface area contributed by atoms with Crippen LogP contribution in [0.4, 0.5) is 23.0 Å². The number of anilines is 2. The van der Waals surface area contributed by atoms with Crippen molar-refractivity contribution in [1.82, 2.24) is 9.97 Å². The summed E-state index contributed by atoms with van der Waals surface area (Å²) in [6, 6.07) is 4.37. The molecule has 1 aliphatic heterocycles. The van der Waals surface area contributed by atoms with Crippen molar-refractivity contribution in [1.29, 1.82) is 0 Å². The van der Waals surface area contributed by atoms with E-state index in [0.29, 0.717) is 24.8 Å². The molecule has 1 saturated carbocycles. The zero-order chi connectivity index (χ0) is 22.3. The van der Waals surface area contributed by atoms with Gasteiger partial charge in [-0.05, 0) is 45.4 Å². The van der Waals surface area contributed by atoms with E-state index in [-0.39, 0.29) is 17.9 Å². The molecule has 0 bridgehead atoms. The molecule has 0 radical (unpaired) electrons. The molecule has 0 spiro atoms. The molecule has 2 fully saturated rings. The van der Waals surface area contributed by atoms with E-state index in [9.17, 15) is 5.11 Å². The van der Waals surface area contributed by atoms with Gasteiger partial charge in [-0.2, -0.15) is 0 Å². The molecule has 0 amide bonds. The number of benzene rings is 1. The minimum atomic E-state index is 0.0605. The fourth-order valence-electron chi connectivity index (χ4n) is 4.15. The first kappa shape index (κ1) is 22.0. The predicted octanol–water partition coefficient (Wildman–Crippen LogP) is 3.88. The third-order valence-electron chi connectivity index (χ3n) is 5.78. The van der Waals surface area contributed by atoms with Crippen LogP contribution in [0.5, 0.6) is 11.5 Å². The molecule has 32 heavy (non-hydrogen) atoms. The standard InChI is InChI=1S/C23H30N6O3/c1-3-25-20-12-17(29-8-10-31-11-9-29)13-21(22(20)24-2)32-19-6-4-16(5-7-19)28-23-26-14-18(30)15-27-23/h3,12-16,19,30H,2,4-11H2,1H3,(H,26,27,28). The number of nitrogens with zero attached hydrogens (tertiary/aromatic N) is 5. The lowest BCUT2D eigenvalue weighted by molar-refractivity contribution is 0.122. The molecule has 1 aromatic heterocycles. The first-order valence-electron chi connectivity index (χ1n) is 11.1. The first-order valence-corrected chi connectivity index (χ1v) is 11.1. The Morgan fingerprint density at radius 2 is 1.91 bits per heavy atom. The summed E-state index contributed by atoms with van der Waals surface area (Å²) in [4.78, 5) is 19.3. The second-order valence-electron chi connectivity index (χ2n) is 7.96. The summed E-state index contributed by atoms with van der Waals surface area (Å²) < 4.78 is 11.9. The summed E-state index contributed by atoms with van der Waals surface area (Å²) in [5.41, 5.74) is 2.51. The molecule has 0 unspecified atom stereocenters. The Bertz CT molecular complexity index is 935. The number of hydrogen-bond acceptors (Lipinski definition) is 9. The highest BCUT2D eigenvalue weighted by Gasteiger charge is 2.25. The molecule has 2 N–H and O–H groups in total. The van der Waals surface area contributed by atoms with Gasteiger partial charge in [0.2, 0.25) is 5.95 Å². The molecule has 2 aliphatic rings. The van der Waals surface area contributed by atoms with Crippen molar-refractivity contribution < 1.29 is 14.6 Å². The summed E-state index contributed by atoms with van der Waals surface area (Å²) in [5, 5.41) is 12.7. The van der Waals surface area contributed by atoms with Crippen LogP contribution in [-0.4, -0.2) is 66.5 Å². The Kier molecular flexibility index (Phi) is 7.16. The Hall–Kier alpha value is -3.20. The zero-order valence-corrected chi connectivity index (χ0v) is 18.4. The number of hydrogen-bond donors (Lipinski definition) is 2. The highest BCUT2D eigenvalue weighted by molar-refractivity contribution is 5.80. The summed E-state index contributed by atoms with van der Waals surface area (Å²) in [5.74, 6) is 1.32. The maximum atomic E-state index is 9.34. The number of rotatable bonds is 7. The molecule has 1 aromatic carbocycles. The van der Waals surface area contributed by atoms with Gasteiger partial charge in [0, 0.05) is 37.1 Å². The summed E-state index contributed by atoms with van der Waals surface area (Å²) in [6.45, 7) is 8.75. The topological polar surface area (TPSA) is 104 Å². The van der Waals surface area contributed by atoms with E-state index in [1.165, 1.54) is 12.4 Å². The van der Waals surface area contributed by atoms with Gasteiger partial charge >= 0.3 is 0 Å². The van der Waals surface area contributed by atoms with Gasteiger partial charge < -0.3 is 24.8 Å². The average Bonchev–Trinajstić information content (AvgIpc) is 2.82. The van der Waals surface area contributed by atoms with Gasteiger partial charge in [0.05, 0.1) is 37.4 Å². The number of ether oxygens (including phenoxy) is 2. The Morgan fingerprint density at radius 1 is 1.19 bits per heavy atom. The van der Waals surface area contributed by atoms with Crippen LogP contribution in [-0.2, 0) is 4.74 Å². The van der Waals surface area contributed by atoms with Crippen molar-refractivity contribution in [3.63, 3.8) is 0 Å². The van der Waals surface area contributed by atoms with Gasteiger partial charge in [-0.1, -0.05) is 0 Å². The number of aliphatic imine (C=N–C) groups is 2. The average molecular weight is 439 g/mol. The maximum Gasteiger partial charge on any atom is 0.223 e. The van der Waals surface area contributed by atoms with E-state index in [4.69, 9.17) is 9.47 Å². The van der Waals surface area contributed by atoms with E-state index in [0.717, 1.165) is 55.9 Å². The van der Waals surface area contributed by atoms with E-state index in [1.807, 2.05) is 13.0 Å². The minimum Gasteiger partial charge on any atom is -0.505 e. The lowest BCUT2D eigenvalue weighted by atomic mass is 9.93. The Labute approximate surface area is 188 Å². The maximum absolute atomic E-state index is 9.34. The highest BCUT2D eigenvalue weighted by Crippen LogP contribution is 2.43. The molecule has 1 aliphatic carbocycles. The lowest BCUT2D eigenvalue weighted by Crippen LogP contribution is -2.36. The largest absolute Gasteiger partial charge is 0.505 e. The molecular weight excluding hydrogens is 408 g/mol. The van der Waals surface area contributed by atoms with Crippen molar-refractivity contribution in [3.05, 3.63) is 24.5 Å². The number of morpholine rings is 1. The second-order valence-corrected chi connectivity index (χ2v) is 7.96. The monoisotopic (exact) mass is 438 g/mol. The highest BCUT2D eigenvalue weighted by atomic mass is 16.5. The molecule has 4 rings (SSSR count). The Balaban J connectivity index is 1.45. The third-order valence-corrected chi connectivity index (χ3v) is 5.78. The van der Waals surface area contributed by atoms with Gasteiger partial charge in [-0.3, -0.25) is 9.98 Å². The zero-order valence-electron chi connectivity index (χ0n) is 18.4. The molecular formula is C23H30N6O3. The lowest BCUT2D eigenvalue weighted by Gasteiger charge is -2.32. The van der Waals surface area contributed by atoms with Crippen molar-refractivity contribution in [3.8, 4) is 11.5 Å². The first-order chi connectivity index (χ1) is 15.7. The summed E-state index contributed by atoms with van der Waals surface area (Å²) in [7, 11) is 0. The van der Waals surface area contributed by atoms with Crippen LogP contribution >= 0.6 is 0 Å². The van der Waals surface area contributed by atoms with Crippen molar-refractivity contribution in [2.24, 2.45) is 9.98 Å². The summed E-state index contributed by atoms with van der Waals surface area (Å²) >= 11 is 0. The van der Waals surface area contributed by atoms with Crippen LogP contribution in [0.25, 0.3) is 0 Å². The van der Waals surface area contributed by atoms with E-state index in [2.05, 4.69) is 43.0 Å². The fourth-order valence-corrected chi connectivity index (χ4v) is 4.15. The quantitative estimate of drug-likeness (QED) is 0.632. The number of aromatic hydroxyl groups is 1. The summed E-state index contributed by atoms with van der Waals surface area (Å²) in [6.07, 6.45) is 8.33. The van der Waals surface area contributed by atoms with Crippen LogP contribution in [0.3, 0.4) is 0 Å². The Morgan fingerprint density at radius 3 is 2.56 bits per heavy atom. The number of aromatic nitrogens is 2. The van der Waals surface area contributed by atoms with Crippen LogP contribution in [0.2, 0.25) is 0 Å². The van der Waals surface area contributed by atoms with Crippen molar-refractivity contribution in [2.45, 2.75) is 44.8 Å². The third kappa shape index (κ3) is 5.34. The van der Waals surface area contributed by atoms with Gasteiger partial charge in [0.1, 0.15) is 11.4 Å². The molecule has 9 nitrogen and oxygen atoms in total.